The Labute approximate surface area is 71.9 Å². The van der Waals surface area contributed by atoms with E-state index in [9.17, 15) is 0 Å². The lowest BCUT2D eigenvalue weighted by Gasteiger charge is -2.21. The highest BCUT2D eigenvalue weighted by Crippen LogP contribution is 2.07. The molecule has 1 fully saturated rings. The Balaban J connectivity index is 0.000000810. The van der Waals surface area contributed by atoms with E-state index in [1.54, 1.807) is 0 Å². The van der Waals surface area contributed by atoms with Gasteiger partial charge in [-0.3, -0.25) is 0 Å². The van der Waals surface area contributed by atoms with Gasteiger partial charge in [-0.05, 0) is 31.8 Å². The summed E-state index contributed by atoms with van der Waals surface area (Å²) in [6.07, 6.45) is 2.48. The second-order valence-corrected chi connectivity index (χ2v) is 2.57. The Kier molecular flexibility index (Phi) is 6.31. The molecule has 62 valence electrons. The van der Waals surface area contributed by atoms with Gasteiger partial charge in [-0.2, -0.15) is 0 Å². The SMILES string of the molecule is Br.ONCC1CCCNC1. The van der Waals surface area contributed by atoms with Crippen LogP contribution < -0.4 is 10.8 Å². The lowest BCUT2D eigenvalue weighted by Crippen LogP contribution is -2.35. The van der Waals surface area contributed by atoms with Crippen molar-refractivity contribution in [2.75, 3.05) is 19.6 Å². The molecule has 0 spiro atoms. The van der Waals surface area contributed by atoms with Gasteiger partial charge in [0.2, 0.25) is 0 Å². The lowest BCUT2D eigenvalue weighted by atomic mass is 10.0. The molecular weight excluding hydrogens is 196 g/mol. The Bertz CT molecular complexity index is 73.4. The molecule has 0 radical (unpaired) electrons. The van der Waals surface area contributed by atoms with E-state index in [4.69, 9.17) is 5.21 Å². The minimum atomic E-state index is 0. The van der Waals surface area contributed by atoms with Crippen molar-refractivity contribution in [1.82, 2.24) is 10.8 Å². The first-order chi connectivity index (χ1) is 4.43. The summed E-state index contributed by atoms with van der Waals surface area (Å²) in [4.78, 5) is 0. The van der Waals surface area contributed by atoms with Crippen molar-refractivity contribution in [2.24, 2.45) is 5.92 Å². The number of rotatable bonds is 2. The Morgan fingerprint density at radius 3 is 2.90 bits per heavy atom. The van der Waals surface area contributed by atoms with Gasteiger partial charge < -0.3 is 10.5 Å². The van der Waals surface area contributed by atoms with Crippen LogP contribution in [0.15, 0.2) is 0 Å². The fourth-order valence-electron chi connectivity index (χ4n) is 1.23. The van der Waals surface area contributed by atoms with Crippen molar-refractivity contribution in [2.45, 2.75) is 12.8 Å². The van der Waals surface area contributed by atoms with Gasteiger partial charge in [0.1, 0.15) is 0 Å². The Morgan fingerprint density at radius 2 is 2.40 bits per heavy atom. The van der Waals surface area contributed by atoms with Gasteiger partial charge in [0, 0.05) is 6.54 Å². The molecule has 1 aliphatic heterocycles. The first-order valence-corrected chi connectivity index (χ1v) is 3.51. The highest BCUT2D eigenvalue weighted by atomic mass is 79.9. The minimum Gasteiger partial charge on any atom is -0.317 e. The zero-order valence-corrected chi connectivity index (χ0v) is 7.68. The molecule has 0 aromatic rings. The van der Waals surface area contributed by atoms with Crippen molar-refractivity contribution in [3.63, 3.8) is 0 Å². The van der Waals surface area contributed by atoms with E-state index in [2.05, 4.69) is 10.8 Å². The smallest absolute Gasteiger partial charge is 0.0247 e. The lowest BCUT2D eigenvalue weighted by molar-refractivity contribution is 0.141. The van der Waals surface area contributed by atoms with Gasteiger partial charge in [0.25, 0.3) is 0 Å². The van der Waals surface area contributed by atoms with Crippen LogP contribution >= 0.6 is 17.0 Å². The molecule has 0 aromatic carbocycles. The van der Waals surface area contributed by atoms with Crippen LogP contribution in [0.2, 0.25) is 0 Å². The highest BCUT2D eigenvalue weighted by Gasteiger charge is 2.10. The zero-order valence-electron chi connectivity index (χ0n) is 5.97. The largest absolute Gasteiger partial charge is 0.317 e. The van der Waals surface area contributed by atoms with Gasteiger partial charge in [0.05, 0.1) is 0 Å². The summed E-state index contributed by atoms with van der Waals surface area (Å²) in [5, 5.41) is 11.6. The molecule has 1 aliphatic rings. The second-order valence-electron chi connectivity index (χ2n) is 2.57. The van der Waals surface area contributed by atoms with Crippen LogP contribution in [0.1, 0.15) is 12.8 Å². The minimum absolute atomic E-state index is 0. The number of hydrogen-bond donors (Lipinski definition) is 3. The van der Waals surface area contributed by atoms with E-state index in [0.717, 1.165) is 19.6 Å². The molecule has 1 unspecified atom stereocenters. The molecule has 0 saturated carbocycles. The van der Waals surface area contributed by atoms with E-state index in [1.165, 1.54) is 12.8 Å². The monoisotopic (exact) mass is 210 g/mol. The van der Waals surface area contributed by atoms with Gasteiger partial charge in [0.15, 0.2) is 0 Å². The molecule has 3 N–H and O–H groups in total. The quantitative estimate of drug-likeness (QED) is 0.584. The molecule has 1 atom stereocenters. The maximum Gasteiger partial charge on any atom is 0.0247 e. The summed E-state index contributed by atoms with van der Waals surface area (Å²) >= 11 is 0. The predicted octanol–water partition coefficient (Wildman–Crippen LogP) is 0.543. The Morgan fingerprint density at radius 1 is 1.60 bits per heavy atom. The zero-order chi connectivity index (χ0) is 6.53. The third-order valence-electron chi connectivity index (χ3n) is 1.78. The summed E-state index contributed by atoms with van der Waals surface area (Å²) in [6.45, 7) is 2.92. The number of hydrogen-bond acceptors (Lipinski definition) is 3. The highest BCUT2D eigenvalue weighted by molar-refractivity contribution is 8.93. The third kappa shape index (κ3) is 3.51. The predicted molar refractivity (Wildman–Crippen MR) is 45.7 cm³/mol. The molecule has 0 amide bonds. The first kappa shape index (κ1) is 10.4. The maximum absolute atomic E-state index is 8.34. The molecule has 0 bridgehead atoms. The fraction of sp³-hybridized carbons (Fsp3) is 1.00. The van der Waals surface area contributed by atoms with Crippen LogP contribution in [-0.4, -0.2) is 24.8 Å². The second kappa shape index (κ2) is 6.09. The molecule has 4 heteroatoms. The van der Waals surface area contributed by atoms with Gasteiger partial charge in [-0.1, -0.05) is 0 Å². The van der Waals surface area contributed by atoms with Crippen molar-refractivity contribution >= 4 is 17.0 Å². The average Bonchev–Trinajstić information content (AvgIpc) is 1.91. The average molecular weight is 211 g/mol. The summed E-state index contributed by atoms with van der Waals surface area (Å²) in [6, 6.07) is 0. The number of piperidine rings is 1. The van der Waals surface area contributed by atoms with E-state index in [1.807, 2.05) is 0 Å². The maximum atomic E-state index is 8.34. The van der Waals surface area contributed by atoms with Crippen molar-refractivity contribution in [3.8, 4) is 0 Å². The van der Waals surface area contributed by atoms with Crippen LogP contribution in [0.4, 0.5) is 0 Å². The van der Waals surface area contributed by atoms with E-state index >= 15 is 0 Å². The van der Waals surface area contributed by atoms with Crippen LogP contribution in [0.3, 0.4) is 0 Å². The summed E-state index contributed by atoms with van der Waals surface area (Å²) in [7, 11) is 0. The molecule has 1 heterocycles. The summed E-state index contributed by atoms with van der Waals surface area (Å²) < 4.78 is 0. The fourth-order valence-corrected chi connectivity index (χ4v) is 1.23. The Hall–Kier alpha value is 0.360. The van der Waals surface area contributed by atoms with Crippen LogP contribution in [0.5, 0.6) is 0 Å². The molecule has 0 aromatic heterocycles. The van der Waals surface area contributed by atoms with Gasteiger partial charge >= 0.3 is 0 Å². The van der Waals surface area contributed by atoms with Crippen LogP contribution in [0, 0.1) is 5.92 Å². The summed E-state index contributed by atoms with van der Waals surface area (Å²) in [5.74, 6) is 0.628. The molecule has 1 rings (SSSR count). The van der Waals surface area contributed by atoms with Gasteiger partial charge in [-0.15, -0.1) is 17.0 Å². The van der Waals surface area contributed by atoms with Crippen molar-refractivity contribution in [1.29, 1.82) is 0 Å². The number of hydroxylamine groups is 1. The van der Waals surface area contributed by atoms with Crippen LogP contribution in [-0.2, 0) is 0 Å². The van der Waals surface area contributed by atoms with E-state index < -0.39 is 0 Å². The normalized spacial score (nSPS) is 25.5. The number of nitrogens with one attached hydrogen (secondary N) is 2. The molecule has 3 nitrogen and oxygen atoms in total. The summed E-state index contributed by atoms with van der Waals surface area (Å²) in [5.41, 5.74) is 2.20. The molecule has 10 heavy (non-hydrogen) atoms. The topological polar surface area (TPSA) is 44.3 Å². The van der Waals surface area contributed by atoms with Crippen LogP contribution in [0.25, 0.3) is 0 Å². The standard InChI is InChI=1S/C6H14N2O.BrH/c9-8-5-6-2-1-3-7-4-6;/h6-9H,1-5H2;1H. The van der Waals surface area contributed by atoms with Gasteiger partial charge in [-0.25, -0.2) is 5.48 Å². The molecular formula is C6H15BrN2O. The first-order valence-electron chi connectivity index (χ1n) is 3.51. The van der Waals surface area contributed by atoms with Crippen molar-refractivity contribution < 1.29 is 5.21 Å². The molecule has 1 saturated heterocycles. The van der Waals surface area contributed by atoms with E-state index in [0.29, 0.717) is 5.92 Å². The van der Waals surface area contributed by atoms with Crippen molar-refractivity contribution in [3.05, 3.63) is 0 Å². The molecule has 0 aliphatic carbocycles. The number of halogens is 1. The van der Waals surface area contributed by atoms with E-state index in [-0.39, 0.29) is 17.0 Å². The third-order valence-corrected chi connectivity index (χ3v) is 1.78.